The lowest BCUT2D eigenvalue weighted by Gasteiger charge is -2.11. The lowest BCUT2D eigenvalue weighted by atomic mass is 9.99. The Balaban J connectivity index is 0.00000392. The Morgan fingerprint density at radius 1 is 1.25 bits per heavy atom. The summed E-state index contributed by atoms with van der Waals surface area (Å²) in [6.07, 6.45) is 2.86. The van der Waals surface area contributed by atoms with Crippen LogP contribution in [0.1, 0.15) is 37.3 Å². The predicted octanol–water partition coefficient (Wildman–Crippen LogP) is 4.08. The van der Waals surface area contributed by atoms with Crippen molar-refractivity contribution in [3.05, 3.63) is 53.7 Å². The molecule has 1 atom stereocenters. The van der Waals surface area contributed by atoms with E-state index >= 15 is 0 Å². The summed E-state index contributed by atoms with van der Waals surface area (Å²) in [6, 6.07) is 12.1. The van der Waals surface area contributed by atoms with Gasteiger partial charge in [-0.2, -0.15) is 0 Å². The number of pyridine rings is 1. The molecular formula is C21H32IN5O. The minimum absolute atomic E-state index is 0. The van der Waals surface area contributed by atoms with Crippen LogP contribution < -0.4 is 15.8 Å². The fraction of sp³-hybridized carbons (Fsp3) is 0.429. The van der Waals surface area contributed by atoms with Gasteiger partial charge >= 0.3 is 0 Å². The second kappa shape index (κ2) is 12.6. The molecule has 1 unspecified atom stereocenters. The third-order valence-corrected chi connectivity index (χ3v) is 4.38. The maximum absolute atomic E-state index is 6.02. The molecule has 0 aliphatic rings. The molecule has 1 heterocycles. The molecule has 1 aromatic carbocycles. The summed E-state index contributed by atoms with van der Waals surface area (Å²) in [6.45, 7) is 6.33. The molecule has 0 aliphatic carbocycles. The average molecular weight is 497 g/mol. The van der Waals surface area contributed by atoms with Gasteiger partial charge in [0, 0.05) is 24.5 Å². The first-order valence-corrected chi connectivity index (χ1v) is 9.37. The molecule has 0 radical (unpaired) electrons. The van der Waals surface area contributed by atoms with Gasteiger partial charge in [0.15, 0.2) is 5.96 Å². The molecule has 2 aromatic rings. The highest BCUT2D eigenvalue weighted by molar-refractivity contribution is 14.0. The van der Waals surface area contributed by atoms with E-state index < -0.39 is 0 Å². The Kier molecular flexibility index (Phi) is 10.8. The van der Waals surface area contributed by atoms with Gasteiger partial charge in [0.25, 0.3) is 0 Å². The van der Waals surface area contributed by atoms with Crippen molar-refractivity contribution in [1.82, 2.24) is 9.88 Å². The third-order valence-electron chi connectivity index (χ3n) is 4.38. The van der Waals surface area contributed by atoms with Crippen molar-refractivity contribution in [2.75, 3.05) is 32.6 Å². The first kappa shape index (κ1) is 24.2. The molecule has 154 valence electrons. The second-order valence-corrected chi connectivity index (χ2v) is 6.91. The fourth-order valence-corrected chi connectivity index (χ4v) is 2.46. The number of ether oxygens (including phenoxy) is 1. The number of anilines is 1. The zero-order valence-corrected chi connectivity index (χ0v) is 19.5. The number of benzene rings is 1. The van der Waals surface area contributed by atoms with E-state index in [4.69, 9.17) is 10.5 Å². The van der Waals surface area contributed by atoms with Crippen molar-refractivity contribution in [2.24, 2.45) is 10.7 Å². The number of nitrogens with one attached hydrogen (secondary N) is 1. The first-order valence-electron chi connectivity index (χ1n) is 9.37. The van der Waals surface area contributed by atoms with E-state index in [1.165, 1.54) is 5.56 Å². The van der Waals surface area contributed by atoms with Crippen LogP contribution in [-0.4, -0.2) is 43.1 Å². The van der Waals surface area contributed by atoms with Crippen molar-refractivity contribution in [3.8, 4) is 5.88 Å². The topological polar surface area (TPSA) is 75.8 Å². The highest BCUT2D eigenvalue weighted by Crippen LogP contribution is 2.20. The number of nitrogens with zero attached hydrogens (tertiary/aromatic N) is 3. The van der Waals surface area contributed by atoms with Gasteiger partial charge in [-0.3, -0.25) is 0 Å². The van der Waals surface area contributed by atoms with Gasteiger partial charge in [0.1, 0.15) is 6.61 Å². The fourth-order valence-electron chi connectivity index (χ4n) is 2.46. The number of guanidine groups is 1. The van der Waals surface area contributed by atoms with Crippen LogP contribution in [0.2, 0.25) is 0 Å². The molecule has 0 amide bonds. The molecule has 0 saturated heterocycles. The van der Waals surface area contributed by atoms with E-state index in [-0.39, 0.29) is 24.0 Å². The van der Waals surface area contributed by atoms with E-state index in [2.05, 4.69) is 46.2 Å². The molecule has 2 rings (SSSR count). The maximum atomic E-state index is 6.02. The van der Waals surface area contributed by atoms with Crippen molar-refractivity contribution in [1.29, 1.82) is 0 Å². The minimum Gasteiger partial charge on any atom is -0.476 e. The summed E-state index contributed by atoms with van der Waals surface area (Å²) in [5.74, 6) is 1.56. The number of likely N-dealkylation sites (N-methyl/N-ethyl adjacent to an activating group) is 1. The number of aromatic nitrogens is 1. The maximum Gasteiger partial charge on any atom is 0.213 e. The zero-order valence-electron chi connectivity index (χ0n) is 17.2. The summed E-state index contributed by atoms with van der Waals surface area (Å²) < 4.78 is 5.65. The van der Waals surface area contributed by atoms with Gasteiger partial charge in [-0.25, -0.2) is 9.98 Å². The molecule has 28 heavy (non-hydrogen) atoms. The largest absolute Gasteiger partial charge is 0.476 e. The SMILES string of the molecule is CCC(C)c1ccc(NC(N)=NCc2ccnc(OCCN(C)C)c2)cc1.I. The van der Waals surface area contributed by atoms with Gasteiger partial charge in [0.05, 0.1) is 6.54 Å². The number of rotatable bonds is 9. The van der Waals surface area contributed by atoms with Crippen LogP contribution in [0.15, 0.2) is 47.6 Å². The van der Waals surface area contributed by atoms with Crippen LogP contribution in [0.25, 0.3) is 0 Å². The second-order valence-electron chi connectivity index (χ2n) is 6.91. The summed E-state index contributed by atoms with van der Waals surface area (Å²) in [5, 5.41) is 3.13. The number of halogens is 1. The Morgan fingerprint density at radius 2 is 1.96 bits per heavy atom. The van der Waals surface area contributed by atoms with Gasteiger partial charge < -0.3 is 20.7 Å². The van der Waals surface area contributed by atoms with Gasteiger partial charge in [0.2, 0.25) is 5.88 Å². The van der Waals surface area contributed by atoms with Crippen molar-refractivity contribution in [2.45, 2.75) is 32.7 Å². The Bertz CT molecular complexity index is 734. The zero-order chi connectivity index (χ0) is 19.6. The molecule has 0 saturated carbocycles. The highest BCUT2D eigenvalue weighted by Gasteiger charge is 2.03. The van der Waals surface area contributed by atoms with Gasteiger partial charge in [-0.15, -0.1) is 24.0 Å². The normalized spacial score (nSPS) is 12.4. The van der Waals surface area contributed by atoms with Crippen molar-refractivity contribution >= 4 is 35.6 Å². The number of aliphatic imine (C=N–C) groups is 1. The van der Waals surface area contributed by atoms with Crippen LogP contribution in [0.3, 0.4) is 0 Å². The van der Waals surface area contributed by atoms with Crippen LogP contribution in [0.5, 0.6) is 5.88 Å². The van der Waals surface area contributed by atoms with Crippen molar-refractivity contribution in [3.63, 3.8) is 0 Å². The summed E-state index contributed by atoms with van der Waals surface area (Å²) in [4.78, 5) is 10.7. The van der Waals surface area contributed by atoms with Crippen LogP contribution in [-0.2, 0) is 6.54 Å². The quantitative estimate of drug-likeness (QED) is 0.310. The molecule has 0 spiro atoms. The number of hydrogen-bond acceptors (Lipinski definition) is 4. The Hall–Kier alpha value is -1.87. The predicted molar refractivity (Wildman–Crippen MR) is 128 cm³/mol. The van der Waals surface area contributed by atoms with E-state index in [1.54, 1.807) is 6.20 Å². The van der Waals surface area contributed by atoms with E-state index in [9.17, 15) is 0 Å². The smallest absolute Gasteiger partial charge is 0.213 e. The Labute approximate surface area is 185 Å². The van der Waals surface area contributed by atoms with Gasteiger partial charge in [-0.1, -0.05) is 26.0 Å². The van der Waals surface area contributed by atoms with E-state index in [1.807, 2.05) is 38.4 Å². The summed E-state index contributed by atoms with van der Waals surface area (Å²) in [7, 11) is 4.02. The molecular weight excluding hydrogens is 465 g/mol. The third kappa shape index (κ3) is 8.43. The molecule has 7 heteroatoms. The van der Waals surface area contributed by atoms with E-state index in [0.717, 1.165) is 24.2 Å². The summed E-state index contributed by atoms with van der Waals surface area (Å²) >= 11 is 0. The van der Waals surface area contributed by atoms with Crippen LogP contribution >= 0.6 is 24.0 Å². The lowest BCUT2D eigenvalue weighted by molar-refractivity contribution is 0.253. The molecule has 6 nitrogen and oxygen atoms in total. The molecule has 0 fully saturated rings. The molecule has 0 bridgehead atoms. The summed E-state index contributed by atoms with van der Waals surface area (Å²) in [5.41, 5.74) is 9.28. The number of nitrogens with two attached hydrogens (primary N) is 1. The average Bonchev–Trinajstić information content (AvgIpc) is 2.66. The first-order chi connectivity index (χ1) is 13.0. The van der Waals surface area contributed by atoms with Crippen molar-refractivity contribution < 1.29 is 4.74 Å². The van der Waals surface area contributed by atoms with E-state index in [0.29, 0.717) is 30.9 Å². The monoisotopic (exact) mass is 497 g/mol. The molecule has 3 N–H and O–H groups in total. The van der Waals surface area contributed by atoms with Crippen LogP contribution in [0.4, 0.5) is 5.69 Å². The van der Waals surface area contributed by atoms with Crippen LogP contribution in [0, 0.1) is 0 Å². The molecule has 1 aromatic heterocycles. The lowest BCUT2D eigenvalue weighted by Crippen LogP contribution is -2.22. The Morgan fingerprint density at radius 3 is 2.61 bits per heavy atom. The highest BCUT2D eigenvalue weighted by atomic mass is 127. The standard InChI is InChI=1S/C21H31N5O.HI/c1-5-16(2)18-6-8-19(9-7-18)25-21(22)24-15-17-10-11-23-20(14-17)27-13-12-26(3)4;/h6-11,14,16H,5,12-13,15H2,1-4H3,(H3,22,24,25);1H. The van der Waals surface area contributed by atoms with Gasteiger partial charge in [-0.05, 0) is 55.8 Å². The minimum atomic E-state index is 0. The number of hydrogen-bond donors (Lipinski definition) is 2. The molecule has 0 aliphatic heterocycles.